The van der Waals surface area contributed by atoms with Gasteiger partial charge in [-0.2, -0.15) is 0 Å². The molecule has 5 nitrogen and oxygen atoms in total. The largest absolute Gasteiger partial charge is 0.348 e. The first-order valence-corrected chi connectivity index (χ1v) is 11.3. The van der Waals surface area contributed by atoms with Gasteiger partial charge in [-0.25, -0.2) is 17.2 Å². The molecule has 0 aliphatic heterocycles. The van der Waals surface area contributed by atoms with E-state index >= 15 is 0 Å². The highest BCUT2D eigenvalue weighted by atomic mass is 32.2. The van der Waals surface area contributed by atoms with Gasteiger partial charge in [-0.3, -0.25) is 9.10 Å². The summed E-state index contributed by atoms with van der Waals surface area (Å²) in [6.45, 7) is 1.21. The zero-order chi connectivity index (χ0) is 21.2. The second-order valence-corrected chi connectivity index (χ2v) is 9.30. The Kier molecular flexibility index (Phi) is 6.21. The molecule has 0 heterocycles. The predicted octanol–water partition coefficient (Wildman–Crippen LogP) is 3.49. The summed E-state index contributed by atoms with van der Waals surface area (Å²) in [7, 11) is -3.95. The molecule has 1 N–H and O–H groups in total. The van der Waals surface area contributed by atoms with Gasteiger partial charge in [0.1, 0.15) is 18.2 Å². The molecule has 0 saturated carbocycles. The van der Waals surface area contributed by atoms with Gasteiger partial charge in [0.2, 0.25) is 15.9 Å². The summed E-state index contributed by atoms with van der Waals surface area (Å²) >= 11 is 0. The van der Waals surface area contributed by atoms with Crippen molar-refractivity contribution in [3.05, 3.63) is 64.7 Å². The second kappa shape index (κ2) is 8.49. The Morgan fingerprint density at radius 3 is 2.45 bits per heavy atom. The molecule has 0 spiro atoms. The monoisotopic (exact) mass is 422 g/mol. The smallest absolute Gasteiger partial charge is 0.241 e. The van der Waals surface area contributed by atoms with Crippen LogP contribution in [0.5, 0.6) is 0 Å². The first kappa shape index (κ1) is 21.2. The number of halogens is 2. The van der Waals surface area contributed by atoms with E-state index in [1.54, 1.807) is 0 Å². The number of nitrogens with one attached hydrogen (secondary N) is 1. The maximum Gasteiger partial charge on any atom is 0.241 e. The number of amides is 1. The van der Waals surface area contributed by atoms with Crippen LogP contribution < -0.4 is 9.62 Å². The van der Waals surface area contributed by atoms with E-state index in [2.05, 4.69) is 17.4 Å². The van der Waals surface area contributed by atoms with Crippen molar-refractivity contribution in [1.82, 2.24) is 5.32 Å². The second-order valence-electron chi connectivity index (χ2n) is 7.39. The Morgan fingerprint density at radius 2 is 1.79 bits per heavy atom. The number of anilines is 1. The standard InChI is InChI=1S/C21H24F2N2O3S/c1-14(16-8-7-15-5-3-4-6-17(15)11-16)24-21(26)13-25(29(2,27)28)20-10-9-18(22)12-19(20)23/h7-12,14H,3-6,13H2,1-2H3,(H,24,26)/t14-/m1/s1. The molecule has 2 aromatic carbocycles. The van der Waals surface area contributed by atoms with Gasteiger partial charge >= 0.3 is 0 Å². The first-order valence-electron chi connectivity index (χ1n) is 9.49. The minimum absolute atomic E-state index is 0.339. The van der Waals surface area contributed by atoms with E-state index in [4.69, 9.17) is 0 Å². The number of carbonyl (C=O) groups is 1. The Hall–Kier alpha value is -2.48. The highest BCUT2D eigenvalue weighted by molar-refractivity contribution is 7.92. The van der Waals surface area contributed by atoms with Crippen LogP contribution in [0, 0.1) is 11.6 Å². The minimum atomic E-state index is -3.95. The fourth-order valence-corrected chi connectivity index (χ4v) is 4.45. The number of carbonyl (C=O) groups excluding carboxylic acids is 1. The summed E-state index contributed by atoms with van der Waals surface area (Å²) in [6.07, 6.45) is 5.26. The molecule has 0 radical (unpaired) electrons. The van der Waals surface area contributed by atoms with E-state index in [1.165, 1.54) is 17.5 Å². The van der Waals surface area contributed by atoms with Gasteiger partial charge in [0.25, 0.3) is 0 Å². The van der Waals surface area contributed by atoms with E-state index in [0.29, 0.717) is 10.4 Å². The number of nitrogens with zero attached hydrogens (tertiary/aromatic N) is 1. The quantitative estimate of drug-likeness (QED) is 0.775. The number of hydrogen-bond donors (Lipinski definition) is 1. The van der Waals surface area contributed by atoms with Crippen molar-refractivity contribution in [3.8, 4) is 0 Å². The molecule has 0 unspecified atom stereocenters. The van der Waals surface area contributed by atoms with Crippen molar-refractivity contribution < 1.29 is 22.0 Å². The van der Waals surface area contributed by atoms with Crippen LogP contribution in [-0.2, 0) is 27.7 Å². The SMILES string of the molecule is C[C@@H](NC(=O)CN(c1ccc(F)cc1F)S(C)(=O)=O)c1ccc2c(c1)CCCC2. The fraction of sp³-hybridized carbons (Fsp3) is 0.381. The van der Waals surface area contributed by atoms with Gasteiger partial charge in [0, 0.05) is 6.07 Å². The molecule has 1 aliphatic carbocycles. The van der Waals surface area contributed by atoms with Crippen LogP contribution >= 0.6 is 0 Å². The zero-order valence-electron chi connectivity index (χ0n) is 16.4. The zero-order valence-corrected chi connectivity index (χ0v) is 17.2. The maximum atomic E-state index is 14.1. The lowest BCUT2D eigenvalue weighted by Gasteiger charge is -2.24. The van der Waals surface area contributed by atoms with Crippen molar-refractivity contribution in [2.45, 2.75) is 38.6 Å². The van der Waals surface area contributed by atoms with E-state index < -0.39 is 34.1 Å². The van der Waals surface area contributed by atoms with E-state index in [0.717, 1.165) is 43.2 Å². The molecule has 0 fully saturated rings. The number of hydrogen-bond acceptors (Lipinski definition) is 3. The van der Waals surface area contributed by atoms with Gasteiger partial charge < -0.3 is 5.32 Å². The lowest BCUT2D eigenvalue weighted by atomic mass is 9.89. The highest BCUT2D eigenvalue weighted by Crippen LogP contribution is 2.25. The lowest BCUT2D eigenvalue weighted by Crippen LogP contribution is -2.41. The average molecular weight is 422 g/mol. The molecule has 0 aromatic heterocycles. The molecule has 3 rings (SSSR count). The van der Waals surface area contributed by atoms with Crippen molar-refractivity contribution in [3.63, 3.8) is 0 Å². The third-order valence-electron chi connectivity index (χ3n) is 5.12. The summed E-state index contributed by atoms with van der Waals surface area (Å²) in [5.41, 5.74) is 3.16. The molecular weight excluding hydrogens is 398 g/mol. The van der Waals surface area contributed by atoms with Crippen molar-refractivity contribution in [1.29, 1.82) is 0 Å². The number of aryl methyl sites for hydroxylation is 2. The van der Waals surface area contributed by atoms with Gasteiger partial charge in [0.05, 0.1) is 18.0 Å². The third-order valence-corrected chi connectivity index (χ3v) is 6.24. The predicted molar refractivity (Wildman–Crippen MR) is 108 cm³/mol. The Balaban J connectivity index is 1.75. The molecule has 29 heavy (non-hydrogen) atoms. The molecular formula is C21H24F2N2O3S. The van der Waals surface area contributed by atoms with Crippen LogP contribution in [-0.4, -0.2) is 27.1 Å². The summed E-state index contributed by atoms with van der Waals surface area (Å²) in [5.74, 6) is -2.46. The summed E-state index contributed by atoms with van der Waals surface area (Å²) in [5, 5.41) is 2.76. The number of sulfonamides is 1. The summed E-state index contributed by atoms with van der Waals surface area (Å²) in [4.78, 5) is 12.5. The van der Waals surface area contributed by atoms with Crippen molar-refractivity contribution >= 4 is 21.6 Å². The van der Waals surface area contributed by atoms with Crippen LogP contribution in [0.25, 0.3) is 0 Å². The lowest BCUT2D eigenvalue weighted by molar-refractivity contribution is -0.120. The molecule has 0 bridgehead atoms. The van der Waals surface area contributed by atoms with Crippen molar-refractivity contribution in [2.75, 3.05) is 17.1 Å². The number of benzene rings is 2. The average Bonchev–Trinajstić information content (AvgIpc) is 2.65. The molecule has 0 saturated heterocycles. The topological polar surface area (TPSA) is 66.5 Å². The Morgan fingerprint density at radius 1 is 1.10 bits per heavy atom. The van der Waals surface area contributed by atoms with Crippen molar-refractivity contribution in [2.24, 2.45) is 0 Å². The minimum Gasteiger partial charge on any atom is -0.348 e. The van der Waals surface area contributed by atoms with Crippen LogP contribution in [0.4, 0.5) is 14.5 Å². The van der Waals surface area contributed by atoms with Crippen LogP contribution in [0.15, 0.2) is 36.4 Å². The highest BCUT2D eigenvalue weighted by Gasteiger charge is 2.25. The van der Waals surface area contributed by atoms with Crippen LogP contribution in [0.1, 0.15) is 42.5 Å². The van der Waals surface area contributed by atoms with Gasteiger partial charge in [-0.05, 0) is 61.4 Å². The summed E-state index contributed by atoms with van der Waals surface area (Å²) < 4.78 is 52.1. The Labute approximate surface area is 169 Å². The van der Waals surface area contributed by atoms with E-state index in [-0.39, 0.29) is 11.7 Å². The van der Waals surface area contributed by atoms with Crippen LogP contribution in [0.2, 0.25) is 0 Å². The molecule has 156 valence electrons. The van der Waals surface area contributed by atoms with E-state index in [9.17, 15) is 22.0 Å². The van der Waals surface area contributed by atoms with Gasteiger partial charge in [-0.15, -0.1) is 0 Å². The van der Waals surface area contributed by atoms with Crippen LogP contribution in [0.3, 0.4) is 0 Å². The molecule has 8 heteroatoms. The third kappa shape index (κ3) is 5.12. The number of rotatable bonds is 6. The van der Waals surface area contributed by atoms with Gasteiger partial charge in [-0.1, -0.05) is 18.2 Å². The number of fused-ring (bicyclic) bond motifs is 1. The Bertz CT molecular complexity index is 1020. The summed E-state index contributed by atoms with van der Waals surface area (Å²) in [6, 6.07) is 8.31. The molecule has 1 aliphatic rings. The van der Waals surface area contributed by atoms with E-state index in [1.807, 2.05) is 13.0 Å². The molecule has 1 atom stereocenters. The molecule has 1 amide bonds. The first-order chi connectivity index (χ1) is 13.6. The van der Waals surface area contributed by atoms with Gasteiger partial charge in [0.15, 0.2) is 0 Å². The molecule has 2 aromatic rings. The maximum absolute atomic E-state index is 14.1. The normalized spacial score (nSPS) is 14.8. The fourth-order valence-electron chi connectivity index (χ4n) is 3.59.